The van der Waals surface area contributed by atoms with Crippen molar-refractivity contribution in [3.63, 3.8) is 0 Å². The predicted octanol–water partition coefficient (Wildman–Crippen LogP) is 1.06. The normalized spacial score (nSPS) is 20.9. The summed E-state index contributed by atoms with van der Waals surface area (Å²) in [6.07, 6.45) is 3.12. The molecule has 0 aliphatic carbocycles. The third kappa shape index (κ3) is 6.21. The lowest BCUT2D eigenvalue weighted by atomic mass is 10.00. The third-order valence-electron chi connectivity index (χ3n) is 3.42. The molecule has 114 valence electrons. The van der Waals surface area contributed by atoms with Gasteiger partial charge in [-0.25, -0.2) is 12.7 Å². The molecule has 0 aromatic rings. The molecule has 5 nitrogen and oxygen atoms in total. The molecule has 1 heterocycles. The Bertz CT molecular complexity index is 327. The molecule has 1 fully saturated rings. The summed E-state index contributed by atoms with van der Waals surface area (Å²) in [5, 5.41) is 3.34. The van der Waals surface area contributed by atoms with Crippen LogP contribution >= 0.6 is 0 Å². The highest BCUT2D eigenvalue weighted by molar-refractivity contribution is 7.89. The molecule has 1 aliphatic heterocycles. The highest BCUT2D eigenvalue weighted by Crippen LogP contribution is 2.15. The van der Waals surface area contributed by atoms with Gasteiger partial charge in [0, 0.05) is 19.7 Å². The van der Waals surface area contributed by atoms with Gasteiger partial charge in [0.25, 0.3) is 0 Å². The van der Waals surface area contributed by atoms with E-state index in [2.05, 4.69) is 5.32 Å². The van der Waals surface area contributed by atoms with E-state index in [0.717, 1.165) is 32.4 Å². The fourth-order valence-corrected chi connectivity index (χ4v) is 3.88. The summed E-state index contributed by atoms with van der Waals surface area (Å²) in [5.41, 5.74) is 0. The van der Waals surface area contributed by atoms with Crippen molar-refractivity contribution in [1.29, 1.82) is 0 Å². The highest BCUT2D eigenvalue weighted by Gasteiger charge is 2.25. The van der Waals surface area contributed by atoms with Gasteiger partial charge >= 0.3 is 0 Å². The quantitative estimate of drug-likeness (QED) is 0.646. The summed E-state index contributed by atoms with van der Waals surface area (Å²) < 4.78 is 31.4. The van der Waals surface area contributed by atoms with E-state index < -0.39 is 10.0 Å². The van der Waals surface area contributed by atoms with Crippen molar-refractivity contribution in [3.8, 4) is 0 Å². The van der Waals surface area contributed by atoms with E-state index in [4.69, 9.17) is 4.74 Å². The minimum atomic E-state index is -3.18. The van der Waals surface area contributed by atoms with Gasteiger partial charge in [-0.3, -0.25) is 0 Å². The molecular formula is C13H28N2O3S. The van der Waals surface area contributed by atoms with Gasteiger partial charge < -0.3 is 10.1 Å². The van der Waals surface area contributed by atoms with E-state index in [1.54, 1.807) is 4.31 Å². The summed E-state index contributed by atoms with van der Waals surface area (Å²) in [6.45, 7) is 8.01. The SMILES string of the molecule is CCCN(CC1CCCNC1)S(=O)(=O)CCOCC. The van der Waals surface area contributed by atoms with Crippen molar-refractivity contribution in [3.05, 3.63) is 0 Å². The lowest BCUT2D eigenvalue weighted by Gasteiger charge is -2.29. The van der Waals surface area contributed by atoms with Crippen LogP contribution in [0.4, 0.5) is 0 Å². The predicted molar refractivity (Wildman–Crippen MR) is 77.7 cm³/mol. The Hall–Kier alpha value is -0.170. The van der Waals surface area contributed by atoms with Crippen LogP contribution in [0.2, 0.25) is 0 Å². The van der Waals surface area contributed by atoms with Crippen molar-refractivity contribution in [1.82, 2.24) is 9.62 Å². The second-order valence-corrected chi connectivity index (χ2v) is 7.17. The Balaban J connectivity index is 2.53. The number of nitrogens with zero attached hydrogens (tertiary/aromatic N) is 1. The van der Waals surface area contributed by atoms with Crippen molar-refractivity contribution in [2.75, 3.05) is 45.1 Å². The largest absolute Gasteiger partial charge is 0.381 e. The van der Waals surface area contributed by atoms with E-state index >= 15 is 0 Å². The lowest BCUT2D eigenvalue weighted by Crippen LogP contribution is -2.42. The van der Waals surface area contributed by atoms with Crippen molar-refractivity contribution in [2.24, 2.45) is 5.92 Å². The van der Waals surface area contributed by atoms with Crippen LogP contribution in [0.3, 0.4) is 0 Å². The van der Waals surface area contributed by atoms with Gasteiger partial charge in [-0.2, -0.15) is 0 Å². The zero-order valence-electron chi connectivity index (χ0n) is 12.2. The number of nitrogens with one attached hydrogen (secondary N) is 1. The number of ether oxygens (including phenoxy) is 1. The minimum absolute atomic E-state index is 0.0982. The first-order valence-corrected chi connectivity index (χ1v) is 8.97. The minimum Gasteiger partial charge on any atom is -0.381 e. The van der Waals surface area contributed by atoms with E-state index in [1.807, 2.05) is 13.8 Å². The highest BCUT2D eigenvalue weighted by atomic mass is 32.2. The molecule has 0 saturated carbocycles. The number of piperidine rings is 1. The first kappa shape index (κ1) is 16.9. The van der Waals surface area contributed by atoms with Gasteiger partial charge in [0.2, 0.25) is 10.0 Å². The van der Waals surface area contributed by atoms with Gasteiger partial charge in [-0.1, -0.05) is 6.92 Å². The maximum absolute atomic E-state index is 12.3. The molecule has 1 atom stereocenters. The molecule has 1 N–H and O–H groups in total. The molecule has 19 heavy (non-hydrogen) atoms. The topological polar surface area (TPSA) is 58.6 Å². The molecule has 0 spiro atoms. The second-order valence-electron chi connectivity index (χ2n) is 5.08. The molecule has 0 radical (unpaired) electrons. The smallest absolute Gasteiger partial charge is 0.216 e. The van der Waals surface area contributed by atoms with Crippen LogP contribution in [-0.4, -0.2) is 57.9 Å². The van der Waals surface area contributed by atoms with E-state index in [1.165, 1.54) is 0 Å². The Labute approximate surface area is 117 Å². The standard InChI is InChI=1S/C13H28N2O3S/c1-3-8-15(12-13-6-5-7-14-11-13)19(16,17)10-9-18-4-2/h13-14H,3-12H2,1-2H3. The zero-order chi connectivity index (χ0) is 14.1. The summed E-state index contributed by atoms with van der Waals surface area (Å²) in [6, 6.07) is 0. The van der Waals surface area contributed by atoms with E-state index in [9.17, 15) is 8.42 Å². The molecule has 0 bridgehead atoms. The molecule has 0 aromatic heterocycles. The molecular weight excluding hydrogens is 264 g/mol. The maximum Gasteiger partial charge on any atom is 0.216 e. The first-order valence-electron chi connectivity index (χ1n) is 7.36. The van der Waals surface area contributed by atoms with Gasteiger partial charge in [-0.05, 0) is 45.2 Å². The van der Waals surface area contributed by atoms with Crippen molar-refractivity contribution < 1.29 is 13.2 Å². The Morgan fingerprint density at radius 3 is 2.74 bits per heavy atom. The van der Waals surface area contributed by atoms with Gasteiger partial charge in [0.05, 0.1) is 12.4 Å². The summed E-state index contributed by atoms with van der Waals surface area (Å²) in [7, 11) is -3.18. The van der Waals surface area contributed by atoms with Crippen LogP contribution in [0.1, 0.15) is 33.1 Å². The van der Waals surface area contributed by atoms with Crippen LogP contribution in [0, 0.1) is 5.92 Å². The van der Waals surface area contributed by atoms with Crippen LogP contribution in [0.15, 0.2) is 0 Å². The monoisotopic (exact) mass is 292 g/mol. The number of hydrogen-bond donors (Lipinski definition) is 1. The molecule has 0 aromatic carbocycles. The van der Waals surface area contributed by atoms with Crippen LogP contribution in [0.5, 0.6) is 0 Å². The molecule has 1 aliphatic rings. The Morgan fingerprint density at radius 1 is 1.37 bits per heavy atom. The average molecular weight is 292 g/mol. The summed E-state index contributed by atoms with van der Waals surface area (Å²) in [4.78, 5) is 0. The Morgan fingerprint density at radius 2 is 2.16 bits per heavy atom. The molecule has 1 rings (SSSR count). The summed E-state index contributed by atoms with van der Waals surface area (Å²) in [5.74, 6) is 0.545. The van der Waals surface area contributed by atoms with E-state index in [0.29, 0.717) is 32.2 Å². The Kier molecular flexibility index (Phi) is 7.90. The van der Waals surface area contributed by atoms with Crippen molar-refractivity contribution in [2.45, 2.75) is 33.1 Å². The van der Waals surface area contributed by atoms with Crippen LogP contribution in [0.25, 0.3) is 0 Å². The fraction of sp³-hybridized carbons (Fsp3) is 1.00. The average Bonchev–Trinajstić information content (AvgIpc) is 2.39. The van der Waals surface area contributed by atoms with Gasteiger partial charge in [-0.15, -0.1) is 0 Å². The molecule has 0 amide bonds. The fourth-order valence-electron chi connectivity index (χ4n) is 2.40. The van der Waals surface area contributed by atoms with Gasteiger partial charge in [0.15, 0.2) is 0 Å². The lowest BCUT2D eigenvalue weighted by molar-refractivity contribution is 0.162. The number of hydrogen-bond acceptors (Lipinski definition) is 4. The molecule has 1 saturated heterocycles. The third-order valence-corrected chi connectivity index (χ3v) is 5.22. The number of rotatable bonds is 9. The first-order chi connectivity index (χ1) is 9.10. The second kappa shape index (κ2) is 8.89. The molecule has 1 unspecified atom stereocenters. The van der Waals surface area contributed by atoms with E-state index in [-0.39, 0.29) is 5.75 Å². The van der Waals surface area contributed by atoms with Crippen LogP contribution < -0.4 is 5.32 Å². The number of sulfonamides is 1. The van der Waals surface area contributed by atoms with Gasteiger partial charge in [0.1, 0.15) is 0 Å². The summed E-state index contributed by atoms with van der Waals surface area (Å²) >= 11 is 0. The van der Waals surface area contributed by atoms with Crippen molar-refractivity contribution >= 4 is 10.0 Å². The van der Waals surface area contributed by atoms with Crippen LogP contribution in [-0.2, 0) is 14.8 Å². The zero-order valence-corrected chi connectivity index (χ0v) is 13.0. The maximum atomic E-state index is 12.3. The molecule has 6 heteroatoms.